The summed E-state index contributed by atoms with van der Waals surface area (Å²) >= 11 is 0. The zero-order valence-corrected chi connectivity index (χ0v) is 11.4. The van der Waals surface area contributed by atoms with Crippen molar-refractivity contribution < 1.29 is 18.3 Å². The van der Waals surface area contributed by atoms with Gasteiger partial charge in [-0.05, 0) is 18.8 Å². The highest BCUT2D eigenvalue weighted by atomic mass is 32.2. The van der Waals surface area contributed by atoms with Crippen molar-refractivity contribution in [1.82, 2.24) is 4.31 Å². The molecule has 0 spiro atoms. The maximum absolute atomic E-state index is 12.2. The van der Waals surface area contributed by atoms with Gasteiger partial charge in [-0.3, -0.25) is 4.79 Å². The molecule has 0 amide bonds. The SMILES string of the molecule is CC(C)CN(C)S(=O)(=O)C1CCCC1C(=O)O. The lowest BCUT2D eigenvalue weighted by Crippen LogP contribution is -2.41. The molecule has 6 heteroatoms. The Hall–Kier alpha value is -0.620. The van der Waals surface area contributed by atoms with Crippen LogP contribution in [0.3, 0.4) is 0 Å². The molecule has 1 fully saturated rings. The second kappa shape index (κ2) is 5.35. The molecule has 1 saturated carbocycles. The molecule has 1 aliphatic rings. The van der Waals surface area contributed by atoms with Gasteiger partial charge in [0, 0.05) is 13.6 Å². The first-order chi connectivity index (χ1) is 7.76. The van der Waals surface area contributed by atoms with Crippen LogP contribution in [-0.2, 0) is 14.8 Å². The van der Waals surface area contributed by atoms with E-state index >= 15 is 0 Å². The largest absolute Gasteiger partial charge is 0.481 e. The summed E-state index contributed by atoms with van der Waals surface area (Å²) in [4.78, 5) is 11.0. The summed E-state index contributed by atoms with van der Waals surface area (Å²) in [6.07, 6.45) is 1.60. The average Bonchev–Trinajstić information content (AvgIpc) is 2.64. The average molecular weight is 263 g/mol. The molecular formula is C11H21NO4S. The Morgan fingerprint density at radius 3 is 2.47 bits per heavy atom. The van der Waals surface area contributed by atoms with Crippen LogP contribution in [0.25, 0.3) is 0 Å². The summed E-state index contributed by atoms with van der Waals surface area (Å²) in [6, 6.07) is 0. The molecule has 5 nitrogen and oxygen atoms in total. The van der Waals surface area contributed by atoms with Crippen molar-refractivity contribution in [2.24, 2.45) is 11.8 Å². The zero-order chi connectivity index (χ0) is 13.2. The van der Waals surface area contributed by atoms with Crippen LogP contribution >= 0.6 is 0 Å². The summed E-state index contributed by atoms with van der Waals surface area (Å²) < 4.78 is 25.8. The molecule has 100 valence electrons. The third-order valence-corrected chi connectivity index (χ3v) is 5.56. The molecule has 2 atom stereocenters. The number of carbonyl (C=O) groups is 1. The van der Waals surface area contributed by atoms with E-state index in [1.165, 1.54) is 11.4 Å². The van der Waals surface area contributed by atoms with Crippen molar-refractivity contribution in [1.29, 1.82) is 0 Å². The highest BCUT2D eigenvalue weighted by molar-refractivity contribution is 7.89. The molecule has 0 aromatic heterocycles. The lowest BCUT2D eigenvalue weighted by atomic mass is 10.1. The lowest BCUT2D eigenvalue weighted by Gasteiger charge is -2.25. The summed E-state index contributed by atoms with van der Waals surface area (Å²) in [6.45, 7) is 4.32. The van der Waals surface area contributed by atoms with Crippen molar-refractivity contribution in [3.63, 3.8) is 0 Å². The summed E-state index contributed by atoms with van der Waals surface area (Å²) in [5.74, 6) is -1.50. The monoisotopic (exact) mass is 263 g/mol. The Labute approximate surface area is 103 Å². The van der Waals surface area contributed by atoms with Crippen LogP contribution < -0.4 is 0 Å². The molecule has 1 aliphatic carbocycles. The molecule has 0 aromatic rings. The van der Waals surface area contributed by atoms with Gasteiger partial charge >= 0.3 is 5.97 Å². The Morgan fingerprint density at radius 2 is 2.00 bits per heavy atom. The highest BCUT2D eigenvalue weighted by Gasteiger charge is 2.43. The normalized spacial score (nSPS) is 25.7. The number of carboxylic acid groups (broad SMARTS) is 1. The first-order valence-corrected chi connectivity index (χ1v) is 7.45. The lowest BCUT2D eigenvalue weighted by molar-refractivity contribution is -0.141. The predicted octanol–water partition coefficient (Wildman–Crippen LogP) is 1.16. The third-order valence-electron chi connectivity index (χ3n) is 3.21. The van der Waals surface area contributed by atoms with E-state index in [4.69, 9.17) is 5.11 Å². The molecule has 0 aliphatic heterocycles. The Bertz CT molecular complexity index is 377. The Morgan fingerprint density at radius 1 is 1.41 bits per heavy atom. The molecular weight excluding hydrogens is 242 g/mol. The number of nitrogens with zero attached hydrogens (tertiary/aromatic N) is 1. The van der Waals surface area contributed by atoms with Gasteiger partial charge < -0.3 is 5.11 Å². The minimum Gasteiger partial charge on any atom is -0.481 e. The minimum absolute atomic E-state index is 0.236. The number of rotatable bonds is 5. The van der Waals surface area contributed by atoms with Crippen molar-refractivity contribution in [2.75, 3.05) is 13.6 Å². The summed E-state index contributed by atoms with van der Waals surface area (Å²) in [5.41, 5.74) is 0. The van der Waals surface area contributed by atoms with E-state index in [1.807, 2.05) is 13.8 Å². The quantitative estimate of drug-likeness (QED) is 0.807. The van der Waals surface area contributed by atoms with E-state index in [2.05, 4.69) is 0 Å². The van der Waals surface area contributed by atoms with E-state index in [1.54, 1.807) is 0 Å². The van der Waals surface area contributed by atoms with Crippen molar-refractivity contribution >= 4 is 16.0 Å². The second-order valence-corrected chi connectivity index (χ2v) is 7.39. The van der Waals surface area contributed by atoms with Gasteiger partial charge in [-0.1, -0.05) is 20.3 Å². The van der Waals surface area contributed by atoms with E-state index in [9.17, 15) is 13.2 Å². The molecule has 2 unspecified atom stereocenters. The van der Waals surface area contributed by atoms with Gasteiger partial charge in [0.1, 0.15) is 0 Å². The Balaban J connectivity index is 2.86. The fourth-order valence-corrected chi connectivity index (χ4v) is 4.51. The van der Waals surface area contributed by atoms with E-state index < -0.39 is 27.2 Å². The number of carboxylic acids is 1. The van der Waals surface area contributed by atoms with Crippen LogP contribution in [0, 0.1) is 11.8 Å². The van der Waals surface area contributed by atoms with Crippen LogP contribution in [0.1, 0.15) is 33.1 Å². The Kier molecular flexibility index (Phi) is 4.55. The van der Waals surface area contributed by atoms with Gasteiger partial charge in [-0.25, -0.2) is 12.7 Å². The van der Waals surface area contributed by atoms with E-state index in [0.717, 1.165) is 0 Å². The fraction of sp³-hybridized carbons (Fsp3) is 0.909. The standard InChI is InChI=1S/C11H21NO4S/c1-8(2)7-12(3)17(15,16)10-6-4-5-9(10)11(13)14/h8-10H,4-7H2,1-3H3,(H,13,14). The first-order valence-electron chi connectivity index (χ1n) is 5.94. The summed E-state index contributed by atoms with van der Waals surface area (Å²) in [5, 5.41) is 8.28. The van der Waals surface area contributed by atoms with Crippen molar-refractivity contribution in [3.8, 4) is 0 Å². The molecule has 1 rings (SSSR count). The summed E-state index contributed by atoms with van der Waals surface area (Å²) in [7, 11) is -1.94. The molecule has 17 heavy (non-hydrogen) atoms. The van der Waals surface area contributed by atoms with Crippen LogP contribution in [0.15, 0.2) is 0 Å². The molecule has 0 saturated heterocycles. The number of hydrogen-bond donors (Lipinski definition) is 1. The minimum atomic E-state index is -3.48. The van der Waals surface area contributed by atoms with Gasteiger partial charge in [0.25, 0.3) is 0 Å². The van der Waals surface area contributed by atoms with Gasteiger partial charge in [-0.15, -0.1) is 0 Å². The molecule has 0 heterocycles. The van der Waals surface area contributed by atoms with Gasteiger partial charge in [0.2, 0.25) is 10.0 Å². The second-order valence-electron chi connectivity index (χ2n) is 5.13. The van der Waals surface area contributed by atoms with E-state index in [0.29, 0.717) is 25.8 Å². The molecule has 1 N–H and O–H groups in total. The maximum Gasteiger partial charge on any atom is 0.307 e. The van der Waals surface area contributed by atoms with Crippen molar-refractivity contribution in [2.45, 2.75) is 38.4 Å². The smallest absolute Gasteiger partial charge is 0.307 e. The third kappa shape index (κ3) is 3.19. The molecule has 0 bridgehead atoms. The van der Waals surface area contributed by atoms with Gasteiger partial charge in [-0.2, -0.15) is 0 Å². The molecule has 0 radical (unpaired) electrons. The van der Waals surface area contributed by atoms with Gasteiger partial charge in [0.05, 0.1) is 11.2 Å². The van der Waals surface area contributed by atoms with E-state index in [-0.39, 0.29) is 5.92 Å². The number of aliphatic carboxylic acids is 1. The maximum atomic E-state index is 12.2. The molecule has 0 aromatic carbocycles. The number of sulfonamides is 1. The highest BCUT2D eigenvalue weighted by Crippen LogP contribution is 2.32. The van der Waals surface area contributed by atoms with Crippen LogP contribution in [0.5, 0.6) is 0 Å². The zero-order valence-electron chi connectivity index (χ0n) is 10.6. The van der Waals surface area contributed by atoms with Gasteiger partial charge in [0.15, 0.2) is 0 Å². The fourth-order valence-electron chi connectivity index (χ4n) is 2.41. The predicted molar refractivity (Wildman–Crippen MR) is 65.2 cm³/mol. The van der Waals surface area contributed by atoms with Crippen LogP contribution in [-0.4, -0.2) is 42.6 Å². The van der Waals surface area contributed by atoms with Crippen molar-refractivity contribution in [3.05, 3.63) is 0 Å². The topological polar surface area (TPSA) is 74.7 Å². The van der Waals surface area contributed by atoms with Crippen LogP contribution in [0.4, 0.5) is 0 Å². The number of hydrogen-bond acceptors (Lipinski definition) is 3. The van der Waals surface area contributed by atoms with Crippen LogP contribution in [0.2, 0.25) is 0 Å². The first kappa shape index (κ1) is 14.4.